The second-order valence-corrected chi connectivity index (χ2v) is 10.2. The van der Waals surface area contributed by atoms with Crippen molar-refractivity contribution < 1.29 is 28.2 Å². The second kappa shape index (κ2) is 13.3. The van der Waals surface area contributed by atoms with Crippen molar-refractivity contribution in [3.63, 3.8) is 0 Å². The number of amides is 3. The molecular weight excluding hydrogens is 503 g/mol. The number of carbonyl (C=O) groups excluding carboxylic acids is 3. The molecule has 0 saturated carbocycles. The van der Waals surface area contributed by atoms with Gasteiger partial charge in [0.1, 0.15) is 18.0 Å². The zero-order chi connectivity index (χ0) is 28.6. The van der Waals surface area contributed by atoms with Crippen LogP contribution < -0.4 is 20.9 Å². The van der Waals surface area contributed by atoms with E-state index in [1.807, 2.05) is 39.8 Å². The summed E-state index contributed by atoms with van der Waals surface area (Å²) >= 11 is 0. The highest BCUT2D eigenvalue weighted by Gasteiger charge is 2.32. The Hall–Kier alpha value is -3.76. The molecule has 1 aliphatic heterocycles. The normalized spacial score (nSPS) is 16.3. The van der Waals surface area contributed by atoms with Gasteiger partial charge in [-0.2, -0.15) is 0 Å². The second-order valence-electron chi connectivity index (χ2n) is 10.2. The Balaban J connectivity index is 1.58. The number of carbonyl (C=O) groups is 3. The molecule has 39 heavy (non-hydrogen) atoms. The summed E-state index contributed by atoms with van der Waals surface area (Å²) in [5.41, 5.74) is 1.97. The van der Waals surface area contributed by atoms with Crippen LogP contribution in [0.3, 0.4) is 0 Å². The number of ether oxygens (including phenoxy) is 2. The van der Waals surface area contributed by atoms with Gasteiger partial charge in [0.15, 0.2) is 0 Å². The van der Waals surface area contributed by atoms with E-state index in [-0.39, 0.29) is 37.2 Å². The van der Waals surface area contributed by atoms with Gasteiger partial charge >= 0.3 is 6.09 Å². The summed E-state index contributed by atoms with van der Waals surface area (Å²) < 4.78 is 25.9. The molecule has 0 spiro atoms. The number of hydrogen-bond acceptors (Lipinski definition) is 6. The van der Waals surface area contributed by atoms with Crippen LogP contribution in [-0.2, 0) is 25.6 Å². The van der Waals surface area contributed by atoms with E-state index in [0.717, 1.165) is 5.56 Å². The molecule has 0 aromatic heterocycles. The summed E-state index contributed by atoms with van der Waals surface area (Å²) in [7, 11) is 0. The zero-order valence-corrected chi connectivity index (χ0v) is 23.0. The van der Waals surface area contributed by atoms with Crippen LogP contribution >= 0.6 is 0 Å². The molecule has 1 fully saturated rings. The van der Waals surface area contributed by atoms with E-state index in [1.54, 1.807) is 36.4 Å². The van der Waals surface area contributed by atoms with Gasteiger partial charge in [-0.1, -0.05) is 36.4 Å². The first kappa shape index (κ1) is 29.8. The number of anilines is 1. The third-order valence-electron chi connectivity index (χ3n) is 5.92. The van der Waals surface area contributed by atoms with Crippen LogP contribution in [0.25, 0.3) is 11.1 Å². The number of benzene rings is 2. The fourth-order valence-corrected chi connectivity index (χ4v) is 3.89. The Morgan fingerprint density at radius 1 is 1.18 bits per heavy atom. The first-order chi connectivity index (χ1) is 18.5. The lowest BCUT2D eigenvalue weighted by molar-refractivity contribution is -0.123. The standard InChI is InChI=1S/C29H37FN4O5/c1-6-7-26(33-18-38-29(3,4)5)27(36)32-15-20-8-10-21(11-9-20)24-13-12-22(14-25(24)30)34-17-23(39-28(34)37)16-31-19(2)35/h6-14,23,26,33H,15-18H2,1-5H3,(H,31,35)(H,32,36)/b7-6-. The first-order valence-corrected chi connectivity index (χ1v) is 12.9. The highest BCUT2D eigenvalue weighted by molar-refractivity contribution is 5.90. The highest BCUT2D eigenvalue weighted by Crippen LogP contribution is 2.29. The minimum atomic E-state index is -0.586. The number of cyclic esters (lactones) is 1. The van der Waals surface area contributed by atoms with Gasteiger partial charge in [-0.25, -0.2) is 9.18 Å². The van der Waals surface area contributed by atoms with Crippen LogP contribution in [0.15, 0.2) is 54.6 Å². The Labute approximate surface area is 228 Å². The minimum Gasteiger partial charge on any atom is -0.442 e. The predicted octanol–water partition coefficient (Wildman–Crippen LogP) is 3.88. The number of hydrogen-bond donors (Lipinski definition) is 3. The van der Waals surface area contributed by atoms with Crippen molar-refractivity contribution >= 4 is 23.6 Å². The van der Waals surface area contributed by atoms with Crippen LogP contribution in [-0.4, -0.2) is 55.5 Å². The Morgan fingerprint density at radius 2 is 1.90 bits per heavy atom. The fraction of sp³-hybridized carbons (Fsp3) is 0.414. The molecule has 9 nitrogen and oxygen atoms in total. The van der Waals surface area contributed by atoms with E-state index in [4.69, 9.17) is 9.47 Å². The third-order valence-corrected chi connectivity index (χ3v) is 5.92. The summed E-state index contributed by atoms with van der Waals surface area (Å²) in [4.78, 5) is 37.3. The Kier molecular flexibility index (Phi) is 10.2. The van der Waals surface area contributed by atoms with Gasteiger partial charge < -0.3 is 20.1 Å². The average Bonchev–Trinajstić information content (AvgIpc) is 3.25. The maximum absolute atomic E-state index is 15.0. The molecule has 2 aromatic rings. The summed E-state index contributed by atoms with van der Waals surface area (Å²) in [6.07, 6.45) is 2.48. The molecule has 210 valence electrons. The quantitative estimate of drug-likeness (QED) is 0.295. The number of rotatable bonds is 11. The van der Waals surface area contributed by atoms with Gasteiger partial charge in [-0.15, -0.1) is 0 Å². The van der Waals surface area contributed by atoms with Crippen molar-refractivity contribution in [3.05, 3.63) is 66.0 Å². The molecule has 3 rings (SSSR count). The van der Waals surface area contributed by atoms with Gasteiger partial charge in [0, 0.05) is 19.0 Å². The number of nitrogens with one attached hydrogen (secondary N) is 3. The summed E-state index contributed by atoms with van der Waals surface area (Å²) in [6.45, 7) is 10.0. The fourth-order valence-electron chi connectivity index (χ4n) is 3.89. The number of halogens is 1. The predicted molar refractivity (Wildman–Crippen MR) is 147 cm³/mol. The monoisotopic (exact) mass is 540 g/mol. The molecule has 0 bridgehead atoms. The minimum absolute atomic E-state index is 0.184. The molecular formula is C29H37FN4O5. The Morgan fingerprint density at radius 3 is 2.51 bits per heavy atom. The van der Waals surface area contributed by atoms with Crippen LogP contribution in [0, 0.1) is 5.82 Å². The Bertz CT molecular complexity index is 1190. The average molecular weight is 541 g/mol. The smallest absolute Gasteiger partial charge is 0.414 e. The molecule has 2 unspecified atom stereocenters. The van der Waals surface area contributed by atoms with Gasteiger partial charge in [0.05, 0.1) is 31.1 Å². The van der Waals surface area contributed by atoms with Gasteiger partial charge in [-0.05, 0) is 57.0 Å². The molecule has 0 aliphatic carbocycles. The van der Waals surface area contributed by atoms with E-state index >= 15 is 4.39 Å². The summed E-state index contributed by atoms with van der Waals surface area (Å²) in [5.74, 6) is -0.884. The van der Waals surface area contributed by atoms with E-state index in [9.17, 15) is 14.4 Å². The van der Waals surface area contributed by atoms with Crippen LogP contribution in [0.5, 0.6) is 0 Å². The maximum Gasteiger partial charge on any atom is 0.414 e. The van der Waals surface area contributed by atoms with Crippen LogP contribution in [0.2, 0.25) is 0 Å². The SMILES string of the molecule is C/C=C\C(NCOC(C)(C)C)C(=O)NCc1ccc(-c2ccc(N3CC(CNC(C)=O)OC3=O)cc2F)cc1. The van der Waals surface area contributed by atoms with Crippen LogP contribution in [0.4, 0.5) is 14.9 Å². The lowest BCUT2D eigenvalue weighted by Gasteiger charge is -2.22. The molecule has 2 aromatic carbocycles. The maximum atomic E-state index is 15.0. The van der Waals surface area contributed by atoms with Crippen LogP contribution in [0.1, 0.15) is 40.2 Å². The molecule has 3 amide bonds. The van der Waals surface area contributed by atoms with E-state index < -0.39 is 24.1 Å². The van der Waals surface area contributed by atoms with E-state index in [2.05, 4.69) is 16.0 Å². The molecule has 1 aliphatic rings. The molecule has 2 atom stereocenters. The van der Waals surface area contributed by atoms with Gasteiger partial charge in [0.2, 0.25) is 11.8 Å². The first-order valence-electron chi connectivity index (χ1n) is 12.9. The van der Waals surface area contributed by atoms with Crippen molar-refractivity contribution in [2.45, 2.75) is 58.9 Å². The van der Waals surface area contributed by atoms with Crippen molar-refractivity contribution in [3.8, 4) is 11.1 Å². The van der Waals surface area contributed by atoms with Gasteiger partial charge in [0.25, 0.3) is 0 Å². The zero-order valence-electron chi connectivity index (χ0n) is 23.0. The van der Waals surface area contributed by atoms with Gasteiger partial charge in [-0.3, -0.25) is 19.8 Å². The third kappa shape index (κ3) is 8.90. The van der Waals surface area contributed by atoms with Crippen molar-refractivity contribution in [1.29, 1.82) is 0 Å². The lowest BCUT2D eigenvalue weighted by Crippen LogP contribution is -2.44. The summed E-state index contributed by atoms with van der Waals surface area (Å²) in [5, 5.41) is 8.60. The van der Waals surface area contributed by atoms with E-state index in [0.29, 0.717) is 23.4 Å². The molecule has 1 saturated heterocycles. The van der Waals surface area contributed by atoms with Crippen molar-refractivity contribution in [2.75, 3.05) is 24.7 Å². The topological polar surface area (TPSA) is 109 Å². The van der Waals surface area contributed by atoms with Crippen molar-refractivity contribution in [2.24, 2.45) is 0 Å². The van der Waals surface area contributed by atoms with Crippen molar-refractivity contribution in [1.82, 2.24) is 16.0 Å². The molecule has 0 radical (unpaired) electrons. The van der Waals surface area contributed by atoms with E-state index in [1.165, 1.54) is 17.9 Å². The lowest BCUT2D eigenvalue weighted by atomic mass is 10.0. The molecule has 10 heteroatoms. The molecule has 1 heterocycles. The largest absolute Gasteiger partial charge is 0.442 e. The molecule has 3 N–H and O–H groups in total. The number of allylic oxidation sites excluding steroid dienone is 1. The summed E-state index contributed by atoms with van der Waals surface area (Å²) in [6, 6.07) is 11.3. The highest BCUT2D eigenvalue weighted by atomic mass is 19.1. The number of nitrogens with zero attached hydrogens (tertiary/aromatic N) is 1.